The monoisotopic (exact) mass is 508 g/mol. The lowest BCUT2D eigenvalue weighted by Gasteiger charge is -2.34. The van der Waals surface area contributed by atoms with Crippen molar-refractivity contribution in [1.82, 2.24) is 4.90 Å². The third-order valence-corrected chi connectivity index (χ3v) is 5.36. The molecule has 1 amide bonds. The van der Waals surface area contributed by atoms with E-state index in [1.807, 2.05) is 45.0 Å². The summed E-state index contributed by atoms with van der Waals surface area (Å²) in [4.78, 5) is 25.8. The molecule has 1 aromatic rings. The quantitative estimate of drug-likeness (QED) is 0.454. The van der Waals surface area contributed by atoms with Gasteiger partial charge in [0.25, 0.3) is 0 Å². The van der Waals surface area contributed by atoms with Gasteiger partial charge in [0.05, 0.1) is 6.54 Å². The number of hydrogen-bond acceptors (Lipinski definition) is 5. The molecule has 0 radical (unpaired) electrons. The summed E-state index contributed by atoms with van der Waals surface area (Å²) in [7, 11) is 3.25. The molecule has 2 rings (SSSR count). The molecule has 0 aliphatic carbocycles. The molecule has 32 heavy (non-hydrogen) atoms. The maximum absolute atomic E-state index is 12.7. The van der Waals surface area contributed by atoms with Crippen molar-refractivity contribution in [3.8, 4) is 0 Å². The molecule has 1 N–H and O–H groups in total. The molecule has 1 aromatic carbocycles. The average Bonchev–Trinajstić information content (AvgIpc) is 2.73. The van der Waals surface area contributed by atoms with Crippen LogP contribution in [-0.2, 0) is 14.3 Å². The van der Waals surface area contributed by atoms with E-state index in [1.54, 1.807) is 19.1 Å². The van der Waals surface area contributed by atoms with Crippen LogP contribution in [-0.4, -0.2) is 50.2 Å². The molecule has 7 heteroatoms. The van der Waals surface area contributed by atoms with Gasteiger partial charge in [-0.1, -0.05) is 28.4 Å². The molecule has 0 atom stereocenters. The van der Waals surface area contributed by atoms with Crippen LogP contribution >= 0.6 is 15.9 Å². The van der Waals surface area contributed by atoms with E-state index < -0.39 is 5.60 Å². The zero-order valence-electron chi connectivity index (χ0n) is 20.4. The van der Waals surface area contributed by atoms with Crippen molar-refractivity contribution in [1.29, 1.82) is 0 Å². The summed E-state index contributed by atoms with van der Waals surface area (Å²) in [5.74, 6) is 0. The molecule has 0 spiro atoms. The van der Waals surface area contributed by atoms with Gasteiger partial charge in [0.1, 0.15) is 11.9 Å². The number of hydrogen-bond donors (Lipinski definition) is 1. The normalized spacial score (nSPS) is 14.8. The standard InChI is InChI=1S/C23H31BrN2O3.C2H6O/c1-6-16(2)19(12-14-27)20-15-26(22(28)29-23(3,4)5)13-11-21(20)25-18-9-7-17(24)8-10-18;1-3-2/h7-10,14,25H,6,11-13,15H2,1-5H3;1-2H3. The van der Waals surface area contributed by atoms with E-state index in [2.05, 4.69) is 39.8 Å². The van der Waals surface area contributed by atoms with Gasteiger partial charge in [0, 0.05) is 49.5 Å². The van der Waals surface area contributed by atoms with Crippen LogP contribution in [0.3, 0.4) is 0 Å². The molecule has 0 aromatic heterocycles. The van der Waals surface area contributed by atoms with Crippen molar-refractivity contribution in [2.45, 2.75) is 59.5 Å². The number of benzene rings is 1. The highest BCUT2D eigenvalue weighted by Gasteiger charge is 2.29. The minimum atomic E-state index is -0.544. The zero-order valence-corrected chi connectivity index (χ0v) is 22.0. The van der Waals surface area contributed by atoms with Gasteiger partial charge in [-0.05, 0) is 69.5 Å². The highest BCUT2D eigenvalue weighted by atomic mass is 79.9. The molecule has 0 unspecified atom stereocenters. The van der Waals surface area contributed by atoms with Gasteiger partial charge < -0.3 is 24.5 Å². The minimum Gasteiger partial charge on any atom is -0.444 e. The first-order chi connectivity index (χ1) is 15.1. The number of methoxy groups -OCH3 is 1. The van der Waals surface area contributed by atoms with Gasteiger partial charge in [-0.3, -0.25) is 0 Å². The lowest BCUT2D eigenvalue weighted by molar-refractivity contribution is -0.107. The van der Waals surface area contributed by atoms with E-state index in [1.165, 1.54) is 0 Å². The second-order valence-electron chi connectivity index (χ2n) is 8.63. The summed E-state index contributed by atoms with van der Waals surface area (Å²) in [6.07, 6.45) is 2.47. The third-order valence-electron chi connectivity index (χ3n) is 4.83. The Morgan fingerprint density at radius 3 is 2.31 bits per heavy atom. The molecule has 0 saturated carbocycles. The molecule has 1 aliphatic heterocycles. The van der Waals surface area contributed by atoms with Crippen molar-refractivity contribution in [3.63, 3.8) is 0 Å². The molecular weight excluding hydrogens is 472 g/mol. The van der Waals surface area contributed by atoms with E-state index in [0.717, 1.165) is 45.3 Å². The molecule has 178 valence electrons. The number of halogens is 1. The van der Waals surface area contributed by atoms with Crippen molar-refractivity contribution in [2.75, 3.05) is 32.6 Å². The van der Waals surface area contributed by atoms with E-state index >= 15 is 0 Å². The Hall–Kier alpha value is -2.12. The molecule has 1 aliphatic rings. The Morgan fingerprint density at radius 1 is 1.22 bits per heavy atom. The van der Waals surface area contributed by atoms with Crippen LogP contribution in [0.2, 0.25) is 0 Å². The molecule has 6 nitrogen and oxygen atoms in total. The maximum atomic E-state index is 12.7. The number of amides is 1. The van der Waals surface area contributed by atoms with E-state index in [9.17, 15) is 9.59 Å². The molecule has 0 fully saturated rings. The second kappa shape index (κ2) is 13.4. The van der Waals surface area contributed by atoms with Crippen LogP contribution in [0.5, 0.6) is 0 Å². The Morgan fingerprint density at radius 2 is 1.81 bits per heavy atom. The Balaban J connectivity index is 0.00000161. The lowest BCUT2D eigenvalue weighted by atomic mass is 9.91. The zero-order chi connectivity index (χ0) is 24.3. The summed E-state index contributed by atoms with van der Waals surface area (Å²) in [5, 5.41) is 3.51. The fourth-order valence-corrected chi connectivity index (χ4v) is 3.48. The number of carbonyl (C=O) groups excluding carboxylic acids is 2. The molecular formula is C25H37BrN2O4. The first-order valence-electron chi connectivity index (χ1n) is 10.8. The first-order valence-corrected chi connectivity index (χ1v) is 11.6. The largest absolute Gasteiger partial charge is 0.444 e. The number of ether oxygens (including phenoxy) is 2. The number of anilines is 1. The maximum Gasteiger partial charge on any atom is 0.410 e. The Kier molecular flexibility index (Phi) is 11.7. The van der Waals surface area contributed by atoms with Gasteiger partial charge in [-0.2, -0.15) is 0 Å². The Labute approximate surface area is 201 Å². The first kappa shape index (κ1) is 27.9. The van der Waals surface area contributed by atoms with Crippen LogP contribution in [0.25, 0.3) is 0 Å². The second-order valence-corrected chi connectivity index (χ2v) is 9.55. The van der Waals surface area contributed by atoms with Gasteiger partial charge >= 0.3 is 6.09 Å². The van der Waals surface area contributed by atoms with Crippen LogP contribution < -0.4 is 5.32 Å². The lowest BCUT2D eigenvalue weighted by Crippen LogP contribution is -2.41. The van der Waals surface area contributed by atoms with Crippen LogP contribution in [0.4, 0.5) is 10.5 Å². The SMILES string of the molecule is CCC(C)=C(CC=O)C1=C(Nc2ccc(Br)cc2)CCN(C(=O)OC(C)(C)C)C1.COC. The minimum absolute atomic E-state index is 0.322. The number of rotatable bonds is 6. The average molecular weight is 509 g/mol. The summed E-state index contributed by atoms with van der Waals surface area (Å²) >= 11 is 3.46. The van der Waals surface area contributed by atoms with E-state index in [0.29, 0.717) is 25.9 Å². The summed E-state index contributed by atoms with van der Waals surface area (Å²) in [6.45, 7) is 10.7. The summed E-state index contributed by atoms with van der Waals surface area (Å²) < 4.78 is 10.8. The van der Waals surface area contributed by atoms with Crippen molar-refractivity contribution in [3.05, 3.63) is 51.2 Å². The van der Waals surface area contributed by atoms with E-state index in [4.69, 9.17) is 4.74 Å². The smallest absolute Gasteiger partial charge is 0.410 e. The molecule has 1 heterocycles. The van der Waals surface area contributed by atoms with Gasteiger partial charge in [-0.25, -0.2) is 4.79 Å². The van der Waals surface area contributed by atoms with E-state index in [-0.39, 0.29) is 6.09 Å². The fourth-order valence-electron chi connectivity index (χ4n) is 3.22. The predicted molar refractivity (Wildman–Crippen MR) is 134 cm³/mol. The van der Waals surface area contributed by atoms with Crippen molar-refractivity contribution >= 4 is 34.0 Å². The predicted octanol–water partition coefficient (Wildman–Crippen LogP) is 6.33. The summed E-state index contributed by atoms with van der Waals surface area (Å²) in [5.41, 5.74) is 4.67. The van der Waals surface area contributed by atoms with Crippen molar-refractivity contribution in [2.24, 2.45) is 0 Å². The topological polar surface area (TPSA) is 67.9 Å². The summed E-state index contributed by atoms with van der Waals surface area (Å²) in [6, 6.07) is 7.98. The third kappa shape index (κ3) is 9.17. The molecule has 0 bridgehead atoms. The van der Waals surface area contributed by atoms with Gasteiger partial charge in [-0.15, -0.1) is 0 Å². The highest BCUT2D eigenvalue weighted by molar-refractivity contribution is 9.10. The Bertz CT molecular complexity index is 823. The van der Waals surface area contributed by atoms with Crippen LogP contribution in [0.15, 0.2) is 51.2 Å². The number of nitrogens with one attached hydrogen (secondary N) is 1. The number of nitrogens with zero attached hydrogens (tertiary/aromatic N) is 1. The number of carbonyl (C=O) groups is 2. The number of aldehydes is 1. The van der Waals surface area contributed by atoms with Crippen LogP contribution in [0, 0.1) is 0 Å². The van der Waals surface area contributed by atoms with Gasteiger partial charge in [0.15, 0.2) is 0 Å². The van der Waals surface area contributed by atoms with Crippen molar-refractivity contribution < 1.29 is 19.1 Å². The molecule has 0 saturated heterocycles. The number of allylic oxidation sites excluding steroid dienone is 1. The highest BCUT2D eigenvalue weighted by Crippen LogP contribution is 2.31. The van der Waals surface area contributed by atoms with Gasteiger partial charge in [0.2, 0.25) is 0 Å². The fraction of sp³-hybridized carbons (Fsp3) is 0.520. The van der Waals surface area contributed by atoms with Crippen LogP contribution in [0.1, 0.15) is 53.9 Å².